The molecule has 0 aromatic carbocycles. The Labute approximate surface area is 133 Å². The lowest BCUT2D eigenvalue weighted by Crippen LogP contribution is -2.42. The Hall–Kier alpha value is -0.920. The van der Waals surface area contributed by atoms with Gasteiger partial charge in [0, 0.05) is 18.6 Å². The molecule has 7 heteroatoms. The standard InChI is InChI=1S/C14H23BrN4O2/c1-10(2)18(9-11-4-3-5-16-11)12-8-17-19(6-7-20)14(21)13(12)15/h8,10-11,16,20H,3-7,9H2,1-2H3. The van der Waals surface area contributed by atoms with Crippen LogP contribution in [0.1, 0.15) is 26.7 Å². The number of aliphatic hydroxyl groups excluding tert-OH is 1. The fraction of sp³-hybridized carbons (Fsp3) is 0.714. The van der Waals surface area contributed by atoms with Gasteiger partial charge in [-0.2, -0.15) is 5.10 Å². The SMILES string of the molecule is CC(C)N(CC1CCCN1)c1cnn(CCO)c(=O)c1Br. The first kappa shape index (κ1) is 16.5. The summed E-state index contributed by atoms with van der Waals surface area (Å²) in [7, 11) is 0. The average molecular weight is 359 g/mol. The molecule has 2 N–H and O–H groups in total. The fourth-order valence-electron chi connectivity index (χ4n) is 2.65. The van der Waals surface area contributed by atoms with Crippen LogP contribution in [0, 0.1) is 0 Å². The largest absolute Gasteiger partial charge is 0.394 e. The van der Waals surface area contributed by atoms with Gasteiger partial charge < -0.3 is 15.3 Å². The van der Waals surface area contributed by atoms with Gasteiger partial charge in [-0.1, -0.05) is 0 Å². The number of rotatable bonds is 6. The van der Waals surface area contributed by atoms with Crippen molar-refractivity contribution in [3.63, 3.8) is 0 Å². The van der Waals surface area contributed by atoms with Gasteiger partial charge in [-0.15, -0.1) is 0 Å². The maximum atomic E-state index is 12.2. The number of aromatic nitrogens is 2. The van der Waals surface area contributed by atoms with Gasteiger partial charge >= 0.3 is 0 Å². The molecule has 1 aliphatic heterocycles. The van der Waals surface area contributed by atoms with Crippen molar-refractivity contribution in [2.24, 2.45) is 0 Å². The number of nitrogens with zero attached hydrogens (tertiary/aromatic N) is 3. The van der Waals surface area contributed by atoms with Crippen LogP contribution in [0.3, 0.4) is 0 Å². The summed E-state index contributed by atoms with van der Waals surface area (Å²) in [5.41, 5.74) is 0.615. The third-order valence-corrected chi connectivity index (χ3v) is 4.54. The predicted molar refractivity (Wildman–Crippen MR) is 86.8 cm³/mol. The first-order valence-electron chi connectivity index (χ1n) is 7.41. The maximum absolute atomic E-state index is 12.2. The van der Waals surface area contributed by atoms with Crippen molar-refractivity contribution >= 4 is 21.6 Å². The number of aliphatic hydroxyl groups is 1. The molecule has 118 valence electrons. The van der Waals surface area contributed by atoms with E-state index in [0.29, 0.717) is 10.5 Å². The van der Waals surface area contributed by atoms with E-state index in [9.17, 15) is 4.79 Å². The molecule has 0 aliphatic carbocycles. The van der Waals surface area contributed by atoms with E-state index >= 15 is 0 Å². The molecule has 0 amide bonds. The Morgan fingerprint density at radius 1 is 1.62 bits per heavy atom. The molecule has 2 rings (SSSR count). The monoisotopic (exact) mass is 358 g/mol. The summed E-state index contributed by atoms with van der Waals surface area (Å²) >= 11 is 3.40. The maximum Gasteiger partial charge on any atom is 0.283 e. The van der Waals surface area contributed by atoms with Crippen LogP contribution < -0.4 is 15.8 Å². The van der Waals surface area contributed by atoms with Crippen LogP contribution >= 0.6 is 15.9 Å². The number of nitrogens with one attached hydrogen (secondary N) is 1. The van der Waals surface area contributed by atoms with Crippen LogP contribution in [0.25, 0.3) is 0 Å². The summed E-state index contributed by atoms with van der Waals surface area (Å²) in [4.78, 5) is 14.4. The number of hydrogen-bond acceptors (Lipinski definition) is 5. The van der Waals surface area contributed by atoms with E-state index in [1.165, 1.54) is 11.1 Å². The summed E-state index contributed by atoms with van der Waals surface area (Å²) in [5.74, 6) is 0. The number of hydrogen-bond donors (Lipinski definition) is 2. The van der Waals surface area contributed by atoms with Gasteiger partial charge in [0.25, 0.3) is 5.56 Å². The van der Waals surface area contributed by atoms with E-state index in [-0.39, 0.29) is 24.8 Å². The Kier molecular flexibility index (Phi) is 5.78. The molecule has 0 saturated carbocycles. The highest BCUT2D eigenvalue weighted by Gasteiger charge is 2.23. The predicted octanol–water partition coefficient (Wildman–Crippen LogP) is 0.965. The minimum atomic E-state index is -0.202. The third kappa shape index (κ3) is 3.84. The van der Waals surface area contributed by atoms with E-state index in [0.717, 1.165) is 25.2 Å². The lowest BCUT2D eigenvalue weighted by molar-refractivity contribution is 0.266. The first-order valence-corrected chi connectivity index (χ1v) is 8.20. The molecular weight excluding hydrogens is 336 g/mol. The molecule has 6 nitrogen and oxygen atoms in total. The van der Waals surface area contributed by atoms with Crippen molar-refractivity contribution < 1.29 is 5.11 Å². The van der Waals surface area contributed by atoms with Gasteiger partial charge in [0.2, 0.25) is 0 Å². The zero-order valence-corrected chi connectivity index (χ0v) is 14.1. The van der Waals surface area contributed by atoms with Crippen LogP contribution in [-0.4, -0.2) is 46.7 Å². The topological polar surface area (TPSA) is 70.4 Å². The van der Waals surface area contributed by atoms with E-state index in [4.69, 9.17) is 5.11 Å². The molecule has 2 heterocycles. The molecule has 1 aromatic rings. The second-order valence-corrected chi connectivity index (χ2v) is 6.43. The second-order valence-electron chi connectivity index (χ2n) is 5.64. The molecule has 0 bridgehead atoms. The molecule has 21 heavy (non-hydrogen) atoms. The van der Waals surface area contributed by atoms with E-state index < -0.39 is 0 Å². The van der Waals surface area contributed by atoms with Crippen molar-refractivity contribution in [2.75, 3.05) is 24.6 Å². The molecule has 1 saturated heterocycles. The molecule has 0 spiro atoms. The summed E-state index contributed by atoms with van der Waals surface area (Å²) in [6.07, 6.45) is 4.07. The van der Waals surface area contributed by atoms with Crippen molar-refractivity contribution in [3.05, 3.63) is 21.0 Å². The van der Waals surface area contributed by atoms with Crippen molar-refractivity contribution in [1.82, 2.24) is 15.1 Å². The van der Waals surface area contributed by atoms with Crippen LogP contribution in [0.5, 0.6) is 0 Å². The lowest BCUT2D eigenvalue weighted by Gasteiger charge is -2.32. The normalized spacial score (nSPS) is 18.4. The van der Waals surface area contributed by atoms with Gasteiger partial charge in [-0.3, -0.25) is 4.79 Å². The highest BCUT2D eigenvalue weighted by Crippen LogP contribution is 2.24. The number of halogens is 1. The van der Waals surface area contributed by atoms with Crippen LogP contribution in [0.2, 0.25) is 0 Å². The Morgan fingerprint density at radius 3 is 2.95 bits per heavy atom. The highest BCUT2D eigenvalue weighted by atomic mass is 79.9. The van der Waals surface area contributed by atoms with E-state index in [1.54, 1.807) is 6.20 Å². The zero-order valence-electron chi connectivity index (χ0n) is 12.5. The van der Waals surface area contributed by atoms with Crippen LogP contribution in [-0.2, 0) is 6.54 Å². The summed E-state index contributed by atoms with van der Waals surface area (Å²) in [6.45, 7) is 6.26. The average Bonchev–Trinajstić information content (AvgIpc) is 2.95. The molecule has 1 aromatic heterocycles. The Morgan fingerprint density at radius 2 is 2.38 bits per heavy atom. The molecule has 1 fully saturated rings. The minimum Gasteiger partial charge on any atom is -0.394 e. The number of anilines is 1. The van der Waals surface area contributed by atoms with Crippen molar-refractivity contribution in [2.45, 2.75) is 45.3 Å². The third-order valence-electron chi connectivity index (χ3n) is 3.79. The van der Waals surface area contributed by atoms with Crippen LogP contribution in [0.15, 0.2) is 15.5 Å². The van der Waals surface area contributed by atoms with Crippen LogP contribution in [0.4, 0.5) is 5.69 Å². The summed E-state index contributed by atoms with van der Waals surface area (Å²) < 4.78 is 1.79. The van der Waals surface area contributed by atoms with Gasteiger partial charge in [-0.25, -0.2) is 4.68 Å². The van der Waals surface area contributed by atoms with Crippen molar-refractivity contribution in [3.8, 4) is 0 Å². The van der Waals surface area contributed by atoms with Crippen molar-refractivity contribution in [1.29, 1.82) is 0 Å². The van der Waals surface area contributed by atoms with Gasteiger partial charge in [0.1, 0.15) is 4.47 Å². The molecule has 1 unspecified atom stereocenters. The molecular formula is C14H23BrN4O2. The second kappa shape index (κ2) is 7.38. The molecule has 0 radical (unpaired) electrons. The molecule has 1 atom stereocenters. The lowest BCUT2D eigenvalue weighted by atomic mass is 10.2. The smallest absolute Gasteiger partial charge is 0.283 e. The van der Waals surface area contributed by atoms with Gasteiger partial charge in [0.15, 0.2) is 0 Å². The first-order chi connectivity index (χ1) is 10.0. The fourth-order valence-corrected chi connectivity index (χ4v) is 3.18. The molecule has 1 aliphatic rings. The minimum absolute atomic E-state index is 0.0986. The Bertz CT molecular complexity index is 526. The quantitative estimate of drug-likeness (QED) is 0.792. The highest BCUT2D eigenvalue weighted by molar-refractivity contribution is 9.10. The Balaban J connectivity index is 2.27. The summed E-state index contributed by atoms with van der Waals surface area (Å²) in [5, 5.41) is 16.6. The van der Waals surface area contributed by atoms with Gasteiger partial charge in [0.05, 0.1) is 25.0 Å². The van der Waals surface area contributed by atoms with E-state index in [2.05, 4.69) is 45.1 Å². The van der Waals surface area contributed by atoms with E-state index in [1.807, 2.05) is 0 Å². The zero-order chi connectivity index (χ0) is 15.4. The van der Waals surface area contributed by atoms with Gasteiger partial charge in [-0.05, 0) is 49.2 Å². The summed E-state index contributed by atoms with van der Waals surface area (Å²) in [6, 6.07) is 0.734.